The van der Waals surface area contributed by atoms with Crippen molar-refractivity contribution in [3.63, 3.8) is 0 Å². The number of nitrogens with one attached hydrogen (secondary N) is 1. The second-order valence-electron chi connectivity index (χ2n) is 5.26. The van der Waals surface area contributed by atoms with Crippen molar-refractivity contribution in [1.29, 1.82) is 0 Å². The van der Waals surface area contributed by atoms with Crippen molar-refractivity contribution in [2.75, 3.05) is 32.8 Å². The number of hydrogen-bond acceptors (Lipinski definition) is 4. The SMILES string of the molecule is CCCNCc1cccc(CS(=O)(=O)N2CCOCC2)c1. The lowest BCUT2D eigenvalue weighted by molar-refractivity contribution is 0.0729. The Balaban J connectivity index is 1.99. The third-order valence-electron chi connectivity index (χ3n) is 3.46. The van der Waals surface area contributed by atoms with E-state index < -0.39 is 10.0 Å². The van der Waals surface area contributed by atoms with Crippen molar-refractivity contribution in [2.24, 2.45) is 0 Å². The summed E-state index contributed by atoms with van der Waals surface area (Å²) >= 11 is 0. The minimum atomic E-state index is -3.25. The Hall–Kier alpha value is -0.950. The van der Waals surface area contributed by atoms with Gasteiger partial charge in [0, 0.05) is 19.6 Å². The fraction of sp³-hybridized carbons (Fsp3) is 0.600. The number of nitrogens with zero attached hydrogens (tertiary/aromatic N) is 1. The molecule has 0 aliphatic carbocycles. The van der Waals surface area contributed by atoms with E-state index >= 15 is 0 Å². The summed E-state index contributed by atoms with van der Waals surface area (Å²) in [7, 11) is -3.25. The van der Waals surface area contributed by atoms with Crippen LogP contribution in [0.4, 0.5) is 0 Å². The highest BCUT2D eigenvalue weighted by Gasteiger charge is 2.24. The average molecular weight is 312 g/mol. The molecule has 1 saturated heterocycles. The molecule has 0 radical (unpaired) electrons. The van der Waals surface area contributed by atoms with Gasteiger partial charge < -0.3 is 10.1 Å². The minimum Gasteiger partial charge on any atom is -0.379 e. The fourth-order valence-corrected chi connectivity index (χ4v) is 3.85. The first-order valence-corrected chi connectivity index (χ1v) is 9.07. The first-order valence-electron chi connectivity index (χ1n) is 7.46. The molecule has 1 aromatic rings. The molecule has 1 fully saturated rings. The van der Waals surface area contributed by atoms with Crippen LogP contribution in [0.3, 0.4) is 0 Å². The van der Waals surface area contributed by atoms with Crippen LogP contribution in [-0.4, -0.2) is 45.6 Å². The maximum atomic E-state index is 12.4. The lowest BCUT2D eigenvalue weighted by Crippen LogP contribution is -2.41. The third kappa shape index (κ3) is 5.07. The van der Waals surface area contributed by atoms with Crippen LogP contribution >= 0.6 is 0 Å². The molecule has 0 spiro atoms. The zero-order chi connectivity index (χ0) is 15.1. The maximum Gasteiger partial charge on any atom is 0.218 e. The van der Waals surface area contributed by atoms with Gasteiger partial charge in [-0.25, -0.2) is 8.42 Å². The van der Waals surface area contributed by atoms with E-state index in [2.05, 4.69) is 12.2 Å². The number of morpholine rings is 1. The van der Waals surface area contributed by atoms with Crippen LogP contribution in [0.1, 0.15) is 24.5 Å². The molecule has 2 rings (SSSR count). The van der Waals surface area contributed by atoms with Crippen molar-refractivity contribution in [3.05, 3.63) is 35.4 Å². The molecule has 5 nitrogen and oxygen atoms in total. The van der Waals surface area contributed by atoms with Gasteiger partial charge >= 0.3 is 0 Å². The molecular weight excluding hydrogens is 288 g/mol. The second-order valence-corrected chi connectivity index (χ2v) is 7.23. The van der Waals surface area contributed by atoms with E-state index in [1.807, 2.05) is 24.3 Å². The summed E-state index contributed by atoms with van der Waals surface area (Å²) < 4.78 is 31.5. The molecule has 0 amide bonds. The summed E-state index contributed by atoms with van der Waals surface area (Å²) in [6, 6.07) is 7.79. The molecule has 1 aromatic carbocycles. The van der Waals surface area contributed by atoms with Gasteiger partial charge in [-0.2, -0.15) is 4.31 Å². The van der Waals surface area contributed by atoms with Crippen LogP contribution in [0.2, 0.25) is 0 Å². The molecule has 0 saturated carbocycles. The lowest BCUT2D eigenvalue weighted by Gasteiger charge is -2.26. The van der Waals surface area contributed by atoms with E-state index in [1.54, 1.807) is 0 Å². The smallest absolute Gasteiger partial charge is 0.218 e. The van der Waals surface area contributed by atoms with Crippen molar-refractivity contribution < 1.29 is 13.2 Å². The van der Waals surface area contributed by atoms with Crippen LogP contribution in [0.5, 0.6) is 0 Å². The zero-order valence-electron chi connectivity index (χ0n) is 12.5. The summed E-state index contributed by atoms with van der Waals surface area (Å²) in [5, 5.41) is 3.33. The number of rotatable bonds is 7. The third-order valence-corrected chi connectivity index (χ3v) is 5.31. The molecule has 0 unspecified atom stereocenters. The van der Waals surface area contributed by atoms with Crippen LogP contribution in [0.15, 0.2) is 24.3 Å². The highest BCUT2D eigenvalue weighted by Crippen LogP contribution is 2.14. The molecule has 118 valence electrons. The summed E-state index contributed by atoms with van der Waals surface area (Å²) in [6.07, 6.45) is 1.09. The van der Waals surface area contributed by atoms with Gasteiger partial charge in [-0.1, -0.05) is 31.2 Å². The number of sulfonamides is 1. The van der Waals surface area contributed by atoms with Crippen LogP contribution in [0.25, 0.3) is 0 Å². The van der Waals surface area contributed by atoms with Gasteiger partial charge in [0.15, 0.2) is 0 Å². The first kappa shape index (κ1) is 16.4. The Morgan fingerprint density at radius 3 is 2.67 bits per heavy atom. The van der Waals surface area contributed by atoms with Gasteiger partial charge in [0.05, 0.1) is 19.0 Å². The predicted octanol–water partition coefficient (Wildman–Crippen LogP) is 1.35. The van der Waals surface area contributed by atoms with E-state index in [1.165, 1.54) is 4.31 Å². The molecule has 6 heteroatoms. The zero-order valence-corrected chi connectivity index (χ0v) is 13.4. The second kappa shape index (κ2) is 7.89. The fourth-order valence-electron chi connectivity index (χ4n) is 2.37. The molecular formula is C15H24N2O3S. The number of hydrogen-bond donors (Lipinski definition) is 1. The molecule has 21 heavy (non-hydrogen) atoms. The Morgan fingerprint density at radius 1 is 1.24 bits per heavy atom. The van der Waals surface area contributed by atoms with E-state index in [0.717, 1.165) is 30.6 Å². The molecule has 0 bridgehead atoms. The Morgan fingerprint density at radius 2 is 1.95 bits per heavy atom. The molecule has 0 aromatic heterocycles. The van der Waals surface area contributed by atoms with E-state index in [9.17, 15) is 8.42 Å². The van der Waals surface area contributed by atoms with Crippen molar-refractivity contribution in [2.45, 2.75) is 25.6 Å². The number of benzene rings is 1. The monoisotopic (exact) mass is 312 g/mol. The normalized spacial score (nSPS) is 17.0. The van der Waals surface area contributed by atoms with Gasteiger partial charge in [-0.05, 0) is 24.1 Å². The van der Waals surface area contributed by atoms with Gasteiger partial charge in [0.1, 0.15) is 0 Å². The quantitative estimate of drug-likeness (QED) is 0.772. The molecule has 0 atom stereocenters. The molecule has 1 N–H and O–H groups in total. The highest BCUT2D eigenvalue weighted by atomic mass is 32.2. The topological polar surface area (TPSA) is 58.6 Å². The molecule has 1 aliphatic heterocycles. The average Bonchev–Trinajstić information content (AvgIpc) is 2.48. The maximum absolute atomic E-state index is 12.4. The van der Waals surface area contributed by atoms with E-state index in [-0.39, 0.29) is 5.75 Å². The summed E-state index contributed by atoms with van der Waals surface area (Å²) in [5.41, 5.74) is 1.97. The van der Waals surface area contributed by atoms with Crippen LogP contribution in [0, 0.1) is 0 Å². The Labute approximate surface area is 127 Å². The Bertz CT molecular complexity index is 540. The molecule has 1 aliphatic rings. The largest absolute Gasteiger partial charge is 0.379 e. The Kier molecular flexibility index (Phi) is 6.17. The minimum absolute atomic E-state index is 0.0641. The number of ether oxygens (including phenoxy) is 1. The summed E-state index contributed by atoms with van der Waals surface area (Å²) in [4.78, 5) is 0. The predicted molar refractivity (Wildman–Crippen MR) is 83.5 cm³/mol. The van der Waals surface area contributed by atoms with Gasteiger partial charge in [0.25, 0.3) is 0 Å². The van der Waals surface area contributed by atoms with Crippen LogP contribution in [-0.2, 0) is 27.1 Å². The van der Waals surface area contributed by atoms with Gasteiger partial charge in [-0.15, -0.1) is 0 Å². The van der Waals surface area contributed by atoms with Gasteiger partial charge in [-0.3, -0.25) is 0 Å². The summed E-state index contributed by atoms with van der Waals surface area (Å²) in [6.45, 7) is 5.76. The van der Waals surface area contributed by atoms with Crippen LogP contribution < -0.4 is 5.32 Å². The van der Waals surface area contributed by atoms with Gasteiger partial charge in [0.2, 0.25) is 10.0 Å². The molecule has 1 heterocycles. The lowest BCUT2D eigenvalue weighted by atomic mass is 10.1. The first-order chi connectivity index (χ1) is 10.1. The van der Waals surface area contributed by atoms with Crippen molar-refractivity contribution in [3.8, 4) is 0 Å². The van der Waals surface area contributed by atoms with E-state index in [0.29, 0.717) is 26.3 Å². The van der Waals surface area contributed by atoms with E-state index in [4.69, 9.17) is 4.74 Å². The standard InChI is InChI=1S/C15H24N2O3S/c1-2-6-16-12-14-4-3-5-15(11-14)13-21(18,19)17-7-9-20-10-8-17/h3-5,11,16H,2,6-10,12-13H2,1H3. The summed E-state index contributed by atoms with van der Waals surface area (Å²) in [5.74, 6) is 0.0641. The highest BCUT2D eigenvalue weighted by molar-refractivity contribution is 7.88. The van der Waals surface area contributed by atoms with Crippen molar-refractivity contribution in [1.82, 2.24) is 9.62 Å². The van der Waals surface area contributed by atoms with Crippen molar-refractivity contribution >= 4 is 10.0 Å².